The van der Waals surface area contributed by atoms with Crippen LogP contribution in [0.5, 0.6) is 0 Å². The molecule has 0 saturated heterocycles. The van der Waals surface area contributed by atoms with Crippen LogP contribution in [0.1, 0.15) is 33.1 Å². The summed E-state index contributed by atoms with van der Waals surface area (Å²) in [7, 11) is 0. The zero-order chi connectivity index (χ0) is 9.40. The summed E-state index contributed by atoms with van der Waals surface area (Å²) >= 11 is 0. The minimum absolute atomic E-state index is 0.245. The van der Waals surface area contributed by atoms with E-state index in [9.17, 15) is 0 Å². The second-order valence-corrected chi connectivity index (χ2v) is 3.17. The molecule has 0 saturated carbocycles. The molecule has 0 aliphatic rings. The Balaban J connectivity index is 3.46. The van der Waals surface area contributed by atoms with Crippen LogP contribution in [-0.2, 0) is 0 Å². The fourth-order valence-electron chi connectivity index (χ4n) is 0.993. The van der Waals surface area contributed by atoms with Gasteiger partial charge in [-0.25, -0.2) is 0 Å². The van der Waals surface area contributed by atoms with Crippen molar-refractivity contribution in [1.82, 2.24) is 5.32 Å². The van der Waals surface area contributed by atoms with Gasteiger partial charge in [-0.2, -0.15) is 0 Å². The van der Waals surface area contributed by atoms with Gasteiger partial charge in [0.2, 0.25) is 0 Å². The molecule has 1 N–H and O–H groups in total. The van der Waals surface area contributed by atoms with Crippen LogP contribution >= 0.6 is 0 Å². The van der Waals surface area contributed by atoms with Crippen molar-refractivity contribution < 1.29 is 0 Å². The lowest BCUT2D eigenvalue weighted by Gasteiger charge is -2.11. The minimum atomic E-state index is 0.245. The Morgan fingerprint density at radius 2 is 2.33 bits per heavy atom. The number of rotatable bonds is 6. The molecule has 12 heavy (non-hydrogen) atoms. The molecule has 0 rings (SSSR count). The van der Waals surface area contributed by atoms with Gasteiger partial charge in [0.25, 0.3) is 0 Å². The highest BCUT2D eigenvalue weighted by Crippen LogP contribution is 1.97. The van der Waals surface area contributed by atoms with E-state index in [0.717, 1.165) is 25.8 Å². The molecule has 0 bridgehead atoms. The summed E-state index contributed by atoms with van der Waals surface area (Å²) in [4.78, 5) is 0. The van der Waals surface area contributed by atoms with E-state index in [2.05, 4.69) is 24.7 Å². The van der Waals surface area contributed by atoms with E-state index >= 15 is 0 Å². The maximum atomic E-state index is 5.34. The summed E-state index contributed by atoms with van der Waals surface area (Å²) < 4.78 is 0. The molecule has 1 nitrogen and oxygen atoms in total. The molecule has 0 radical (unpaired) electrons. The second-order valence-electron chi connectivity index (χ2n) is 3.17. The quantitative estimate of drug-likeness (QED) is 0.470. The summed E-state index contributed by atoms with van der Waals surface area (Å²) in [6.45, 7) is 8.96. The summed E-state index contributed by atoms with van der Waals surface area (Å²) in [6.07, 6.45) is 8.55. The van der Waals surface area contributed by atoms with Crippen LogP contribution in [-0.4, -0.2) is 12.6 Å². The van der Waals surface area contributed by atoms with Gasteiger partial charge in [-0.1, -0.05) is 24.8 Å². The maximum absolute atomic E-state index is 5.34. The first-order chi connectivity index (χ1) is 5.70. The van der Waals surface area contributed by atoms with Gasteiger partial charge in [0, 0.05) is 0 Å². The molecule has 1 heteroatoms. The molecule has 1 atom stereocenters. The summed E-state index contributed by atoms with van der Waals surface area (Å²) in [5.74, 6) is 2.74. The van der Waals surface area contributed by atoms with E-state index in [1.54, 1.807) is 0 Å². The van der Waals surface area contributed by atoms with Crippen molar-refractivity contribution in [2.45, 2.75) is 39.2 Å². The van der Waals surface area contributed by atoms with Crippen molar-refractivity contribution in [3.63, 3.8) is 0 Å². The Bertz CT molecular complexity index is 164. The lowest BCUT2D eigenvalue weighted by atomic mass is 10.1. The average molecular weight is 165 g/mol. The van der Waals surface area contributed by atoms with Crippen molar-refractivity contribution >= 4 is 0 Å². The number of terminal acetylenes is 1. The van der Waals surface area contributed by atoms with Gasteiger partial charge in [-0.05, 0) is 26.3 Å². The molecule has 0 heterocycles. The lowest BCUT2D eigenvalue weighted by molar-refractivity contribution is 0.564. The topological polar surface area (TPSA) is 12.0 Å². The molecule has 68 valence electrons. The highest BCUT2D eigenvalue weighted by Gasteiger charge is 2.00. The summed E-state index contributed by atoms with van der Waals surface area (Å²) in [6, 6.07) is 0.245. The highest BCUT2D eigenvalue weighted by atomic mass is 14.9. The average Bonchev–Trinajstić information content (AvgIpc) is 2.02. The largest absolute Gasteiger partial charge is 0.303 e. The summed E-state index contributed by atoms with van der Waals surface area (Å²) in [5, 5.41) is 3.30. The number of nitrogens with one attached hydrogen (secondary N) is 1. The maximum Gasteiger partial charge on any atom is 0.0686 e. The molecule has 0 aliphatic heterocycles. The van der Waals surface area contributed by atoms with E-state index in [1.165, 1.54) is 5.57 Å². The second kappa shape index (κ2) is 6.94. The van der Waals surface area contributed by atoms with Gasteiger partial charge < -0.3 is 5.32 Å². The van der Waals surface area contributed by atoms with Crippen LogP contribution in [0.25, 0.3) is 0 Å². The third-order valence-electron chi connectivity index (χ3n) is 1.72. The molecule has 0 fully saturated rings. The molecular weight excluding hydrogens is 146 g/mol. The van der Waals surface area contributed by atoms with E-state index in [0.29, 0.717) is 0 Å². The number of hydrogen-bond donors (Lipinski definition) is 1. The smallest absolute Gasteiger partial charge is 0.0686 e. The van der Waals surface area contributed by atoms with Crippen molar-refractivity contribution in [3.05, 3.63) is 12.2 Å². The van der Waals surface area contributed by atoms with Gasteiger partial charge in [0.15, 0.2) is 0 Å². The fourth-order valence-corrected chi connectivity index (χ4v) is 0.993. The third-order valence-corrected chi connectivity index (χ3v) is 1.72. The van der Waals surface area contributed by atoms with Crippen molar-refractivity contribution in [3.8, 4) is 12.3 Å². The van der Waals surface area contributed by atoms with Crippen LogP contribution in [0, 0.1) is 12.3 Å². The lowest BCUT2D eigenvalue weighted by Crippen LogP contribution is -2.28. The third kappa shape index (κ3) is 6.00. The Morgan fingerprint density at radius 1 is 1.67 bits per heavy atom. The van der Waals surface area contributed by atoms with Crippen molar-refractivity contribution in [1.29, 1.82) is 0 Å². The Hall–Kier alpha value is -0.740. The molecule has 0 amide bonds. The minimum Gasteiger partial charge on any atom is -0.303 e. The monoisotopic (exact) mass is 165 g/mol. The predicted octanol–water partition coefficient (Wildman–Crippen LogP) is 2.34. The van der Waals surface area contributed by atoms with E-state index in [4.69, 9.17) is 6.42 Å². The standard InChI is InChI=1S/C11H19N/c1-5-7-11(6-2)12-9-8-10(3)4/h2,11-12H,3,5,7-9H2,1,4H3. The normalized spacial score (nSPS) is 12.1. The van der Waals surface area contributed by atoms with E-state index in [-0.39, 0.29) is 6.04 Å². The van der Waals surface area contributed by atoms with Gasteiger partial charge in [0.05, 0.1) is 6.04 Å². The first kappa shape index (κ1) is 11.3. The first-order valence-corrected chi connectivity index (χ1v) is 4.54. The van der Waals surface area contributed by atoms with Crippen molar-refractivity contribution in [2.75, 3.05) is 6.54 Å². The van der Waals surface area contributed by atoms with Crippen LogP contribution in [0.4, 0.5) is 0 Å². The molecule has 0 aromatic rings. The molecule has 0 aromatic carbocycles. The zero-order valence-electron chi connectivity index (χ0n) is 8.19. The Morgan fingerprint density at radius 3 is 2.75 bits per heavy atom. The SMILES string of the molecule is C#CC(CCC)NCCC(=C)C. The molecule has 0 spiro atoms. The zero-order valence-corrected chi connectivity index (χ0v) is 8.19. The van der Waals surface area contributed by atoms with E-state index < -0.39 is 0 Å². The Labute approximate surface area is 76.2 Å². The van der Waals surface area contributed by atoms with E-state index in [1.807, 2.05) is 6.92 Å². The van der Waals surface area contributed by atoms with Crippen molar-refractivity contribution in [2.24, 2.45) is 0 Å². The van der Waals surface area contributed by atoms with Gasteiger partial charge >= 0.3 is 0 Å². The molecule has 1 unspecified atom stereocenters. The first-order valence-electron chi connectivity index (χ1n) is 4.54. The Kier molecular flexibility index (Phi) is 6.51. The molecular formula is C11H19N. The van der Waals surface area contributed by atoms with Crippen LogP contribution in [0.3, 0.4) is 0 Å². The van der Waals surface area contributed by atoms with Gasteiger partial charge in [-0.3, -0.25) is 0 Å². The van der Waals surface area contributed by atoms with Crippen LogP contribution in [0.15, 0.2) is 12.2 Å². The number of hydrogen-bond acceptors (Lipinski definition) is 1. The van der Waals surface area contributed by atoms with Gasteiger partial charge in [0.1, 0.15) is 0 Å². The van der Waals surface area contributed by atoms with Gasteiger partial charge in [-0.15, -0.1) is 13.0 Å². The molecule has 0 aliphatic carbocycles. The molecule has 0 aromatic heterocycles. The highest BCUT2D eigenvalue weighted by molar-refractivity contribution is 4.99. The van der Waals surface area contributed by atoms with Crippen LogP contribution in [0.2, 0.25) is 0 Å². The van der Waals surface area contributed by atoms with Crippen LogP contribution < -0.4 is 5.32 Å². The fraction of sp³-hybridized carbons (Fsp3) is 0.636. The summed E-state index contributed by atoms with van der Waals surface area (Å²) in [5.41, 5.74) is 1.20. The predicted molar refractivity (Wildman–Crippen MR) is 55.0 cm³/mol.